The molecule has 0 aliphatic rings. The zero-order chi connectivity index (χ0) is 19.6. The number of aromatic nitrogens is 2. The third kappa shape index (κ3) is 4.71. The van der Waals surface area contributed by atoms with Crippen molar-refractivity contribution in [1.29, 1.82) is 0 Å². The smallest absolute Gasteiger partial charge is 0.347 e. The maximum Gasteiger partial charge on any atom is 0.347 e. The Balaban J connectivity index is 1.67. The zero-order valence-electron chi connectivity index (χ0n) is 14.0. The van der Waals surface area contributed by atoms with Crippen molar-refractivity contribution in [3.05, 3.63) is 73.7 Å². The molecule has 2 heterocycles. The van der Waals surface area contributed by atoms with Crippen molar-refractivity contribution >= 4 is 46.4 Å². The monoisotopic (exact) mass is 426 g/mol. The normalized spacial score (nSPS) is 12.0. The first-order valence-electron chi connectivity index (χ1n) is 7.79. The van der Waals surface area contributed by atoms with Gasteiger partial charge in [0.15, 0.2) is 6.10 Å². The van der Waals surface area contributed by atoms with Crippen LogP contribution in [0, 0.1) is 0 Å². The van der Waals surface area contributed by atoms with Gasteiger partial charge in [-0.3, -0.25) is 9.20 Å². The predicted molar refractivity (Wildman–Crippen MR) is 103 cm³/mol. The Hall–Kier alpha value is -2.28. The minimum atomic E-state index is -0.913. The number of carbonyl (C=O) groups is 1. The van der Waals surface area contributed by atoms with Gasteiger partial charge in [-0.15, -0.1) is 0 Å². The van der Waals surface area contributed by atoms with Gasteiger partial charge in [-0.1, -0.05) is 34.8 Å². The molecule has 0 saturated heterocycles. The summed E-state index contributed by atoms with van der Waals surface area (Å²) in [4.78, 5) is 28.5. The standard InChI is InChI=1S/C18H13Cl3N2O4/c1-10(27-15-4-2-11(19)6-14(15)21)18(25)26-9-13-7-17(24)23-8-12(20)3-5-16(23)22-13/h2-8,10H,9H2,1H3/t10-/m1/s1. The van der Waals surface area contributed by atoms with E-state index < -0.39 is 12.1 Å². The van der Waals surface area contributed by atoms with Crippen LogP contribution in [0.25, 0.3) is 5.65 Å². The fourth-order valence-electron chi connectivity index (χ4n) is 2.27. The number of hydrogen-bond acceptors (Lipinski definition) is 5. The molecule has 140 valence electrons. The number of ether oxygens (including phenoxy) is 2. The quantitative estimate of drug-likeness (QED) is 0.572. The summed E-state index contributed by atoms with van der Waals surface area (Å²) in [7, 11) is 0. The molecule has 0 aliphatic carbocycles. The van der Waals surface area contributed by atoms with Crippen LogP contribution in [0.1, 0.15) is 12.6 Å². The molecular weight excluding hydrogens is 415 g/mol. The number of benzene rings is 1. The van der Waals surface area contributed by atoms with Crippen LogP contribution in [0.15, 0.2) is 47.4 Å². The summed E-state index contributed by atoms with van der Waals surface area (Å²) in [5.41, 5.74) is 0.383. The van der Waals surface area contributed by atoms with Crippen molar-refractivity contribution in [2.45, 2.75) is 19.6 Å². The average molecular weight is 428 g/mol. The molecule has 0 N–H and O–H groups in total. The molecule has 0 unspecified atom stereocenters. The molecule has 0 saturated carbocycles. The van der Waals surface area contributed by atoms with Crippen LogP contribution in [-0.4, -0.2) is 21.5 Å². The van der Waals surface area contributed by atoms with Crippen molar-refractivity contribution in [3.63, 3.8) is 0 Å². The first kappa shape index (κ1) is 19.5. The van der Waals surface area contributed by atoms with Crippen molar-refractivity contribution in [1.82, 2.24) is 9.38 Å². The first-order chi connectivity index (χ1) is 12.8. The van der Waals surface area contributed by atoms with E-state index in [1.165, 1.54) is 29.7 Å². The second-order valence-electron chi connectivity index (χ2n) is 5.60. The molecule has 3 aromatic rings. The lowest BCUT2D eigenvalue weighted by Gasteiger charge is -2.15. The topological polar surface area (TPSA) is 69.9 Å². The average Bonchev–Trinajstić information content (AvgIpc) is 2.62. The largest absolute Gasteiger partial charge is 0.477 e. The highest BCUT2D eigenvalue weighted by atomic mass is 35.5. The van der Waals surface area contributed by atoms with E-state index in [0.29, 0.717) is 27.1 Å². The zero-order valence-corrected chi connectivity index (χ0v) is 16.3. The van der Waals surface area contributed by atoms with Crippen LogP contribution in [0.4, 0.5) is 0 Å². The van der Waals surface area contributed by atoms with Gasteiger partial charge >= 0.3 is 5.97 Å². The number of nitrogens with zero attached hydrogens (tertiary/aromatic N) is 2. The van der Waals surface area contributed by atoms with Crippen LogP contribution < -0.4 is 10.3 Å². The summed E-state index contributed by atoms with van der Waals surface area (Å²) >= 11 is 17.7. The maximum absolute atomic E-state index is 12.1. The van der Waals surface area contributed by atoms with Gasteiger partial charge in [0, 0.05) is 17.3 Å². The molecule has 6 nitrogen and oxygen atoms in total. The molecular formula is C18H13Cl3N2O4. The fourth-order valence-corrected chi connectivity index (χ4v) is 2.89. The molecule has 27 heavy (non-hydrogen) atoms. The lowest BCUT2D eigenvalue weighted by molar-refractivity contribution is -0.152. The number of rotatable bonds is 5. The van der Waals surface area contributed by atoms with Crippen molar-refractivity contribution < 1.29 is 14.3 Å². The lowest BCUT2D eigenvalue weighted by atomic mass is 10.3. The van der Waals surface area contributed by atoms with E-state index >= 15 is 0 Å². The SMILES string of the molecule is C[C@@H](Oc1ccc(Cl)cc1Cl)C(=O)OCc1cc(=O)n2cc(Cl)ccc2n1. The summed E-state index contributed by atoms with van der Waals surface area (Å²) in [6, 6.07) is 9.16. The molecule has 0 fully saturated rings. The minimum Gasteiger partial charge on any atom is -0.477 e. The molecule has 3 rings (SSSR count). The fraction of sp³-hybridized carbons (Fsp3) is 0.167. The van der Waals surface area contributed by atoms with Gasteiger partial charge < -0.3 is 9.47 Å². The Morgan fingerprint density at radius 2 is 1.89 bits per heavy atom. The second kappa shape index (κ2) is 8.17. The predicted octanol–water partition coefficient (Wildman–Crippen LogP) is 4.17. The van der Waals surface area contributed by atoms with Crippen molar-refractivity contribution in [2.24, 2.45) is 0 Å². The molecule has 0 bridgehead atoms. The number of hydrogen-bond donors (Lipinski definition) is 0. The van der Waals surface area contributed by atoms with Gasteiger partial charge in [-0.25, -0.2) is 9.78 Å². The molecule has 0 amide bonds. The van der Waals surface area contributed by atoms with Crippen molar-refractivity contribution in [3.8, 4) is 5.75 Å². The van der Waals surface area contributed by atoms with Gasteiger partial charge in [-0.05, 0) is 37.3 Å². The van der Waals surface area contributed by atoms with E-state index in [4.69, 9.17) is 44.3 Å². The Morgan fingerprint density at radius 1 is 1.15 bits per heavy atom. The summed E-state index contributed by atoms with van der Waals surface area (Å²) in [5, 5.41) is 1.15. The minimum absolute atomic E-state index is 0.171. The molecule has 1 aromatic carbocycles. The molecule has 1 atom stereocenters. The Bertz CT molecular complexity index is 1070. The lowest BCUT2D eigenvalue weighted by Crippen LogP contribution is -2.26. The van der Waals surface area contributed by atoms with E-state index in [0.717, 1.165) is 0 Å². The number of halogens is 3. The highest BCUT2D eigenvalue weighted by molar-refractivity contribution is 6.35. The Morgan fingerprint density at radius 3 is 2.63 bits per heavy atom. The highest BCUT2D eigenvalue weighted by Gasteiger charge is 2.18. The number of esters is 1. The van der Waals surface area contributed by atoms with E-state index in [2.05, 4.69) is 4.98 Å². The van der Waals surface area contributed by atoms with Crippen LogP contribution in [0.5, 0.6) is 5.75 Å². The van der Waals surface area contributed by atoms with Gasteiger partial charge in [-0.2, -0.15) is 0 Å². The first-order valence-corrected chi connectivity index (χ1v) is 8.93. The summed E-state index contributed by atoms with van der Waals surface area (Å²) in [6.07, 6.45) is 0.553. The third-order valence-electron chi connectivity index (χ3n) is 3.57. The van der Waals surface area contributed by atoms with Gasteiger partial charge in [0.25, 0.3) is 5.56 Å². The summed E-state index contributed by atoms with van der Waals surface area (Å²) in [6.45, 7) is 1.35. The van der Waals surface area contributed by atoms with E-state index in [1.54, 1.807) is 24.3 Å². The van der Waals surface area contributed by atoms with Crippen LogP contribution in [-0.2, 0) is 16.1 Å². The summed E-state index contributed by atoms with van der Waals surface area (Å²) in [5.74, 6) is -0.316. The van der Waals surface area contributed by atoms with Crippen LogP contribution >= 0.6 is 34.8 Å². The number of carbonyl (C=O) groups excluding carboxylic acids is 1. The molecule has 0 spiro atoms. The van der Waals surface area contributed by atoms with Crippen LogP contribution in [0.2, 0.25) is 15.1 Å². The number of pyridine rings is 1. The van der Waals surface area contributed by atoms with Crippen LogP contribution in [0.3, 0.4) is 0 Å². The second-order valence-corrected chi connectivity index (χ2v) is 6.88. The molecule has 9 heteroatoms. The van der Waals surface area contributed by atoms with E-state index in [-0.39, 0.29) is 17.2 Å². The molecule has 0 aliphatic heterocycles. The van der Waals surface area contributed by atoms with Gasteiger partial charge in [0.1, 0.15) is 18.0 Å². The highest BCUT2D eigenvalue weighted by Crippen LogP contribution is 2.28. The third-order valence-corrected chi connectivity index (χ3v) is 4.32. The maximum atomic E-state index is 12.1. The van der Waals surface area contributed by atoms with E-state index in [1.807, 2.05) is 0 Å². The Kier molecular flexibility index (Phi) is 5.89. The van der Waals surface area contributed by atoms with Gasteiger partial charge in [0.2, 0.25) is 0 Å². The number of fused-ring (bicyclic) bond motifs is 1. The van der Waals surface area contributed by atoms with Gasteiger partial charge in [0.05, 0.1) is 15.7 Å². The Labute approximate surface area is 169 Å². The van der Waals surface area contributed by atoms with E-state index in [9.17, 15) is 9.59 Å². The van der Waals surface area contributed by atoms with Crippen molar-refractivity contribution in [2.75, 3.05) is 0 Å². The molecule has 0 radical (unpaired) electrons. The molecule has 2 aromatic heterocycles. The summed E-state index contributed by atoms with van der Waals surface area (Å²) < 4.78 is 12.0.